The van der Waals surface area contributed by atoms with E-state index in [9.17, 15) is 18.0 Å². The van der Waals surface area contributed by atoms with E-state index in [0.29, 0.717) is 18.2 Å². The zero-order valence-electron chi connectivity index (χ0n) is 18.9. The molecule has 1 aliphatic heterocycles. The second-order valence-corrected chi connectivity index (χ2v) is 9.69. The molecule has 1 amide bonds. The lowest BCUT2D eigenvalue weighted by Crippen LogP contribution is -2.30. The Hall–Kier alpha value is -2.56. The van der Waals surface area contributed by atoms with E-state index in [2.05, 4.69) is 20.4 Å². The normalized spacial score (nSPS) is 14.7. The van der Waals surface area contributed by atoms with E-state index in [1.807, 2.05) is 34.9 Å². The highest BCUT2D eigenvalue weighted by molar-refractivity contribution is 7.99. The number of nitrogens with zero attached hydrogens (tertiary/aromatic N) is 4. The van der Waals surface area contributed by atoms with Gasteiger partial charge in [-0.25, -0.2) is 0 Å². The predicted octanol–water partition coefficient (Wildman–Crippen LogP) is 5.72. The standard InChI is InChI=1S/C24H25ClF3N5OS/c25-19-10-9-18(24(26,27)28)13-20(19)29-22(34)16-35-23-31-30-21(15-32-11-5-2-6-12-32)33(23)14-17-7-3-1-4-8-17/h1,3-4,7-10,13H,2,5-6,11-12,14-16H2,(H,29,34). The molecular weight excluding hydrogens is 499 g/mol. The number of benzene rings is 2. The van der Waals surface area contributed by atoms with E-state index in [-0.39, 0.29) is 16.5 Å². The fourth-order valence-electron chi connectivity index (χ4n) is 3.90. The summed E-state index contributed by atoms with van der Waals surface area (Å²) in [4.78, 5) is 14.9. The molecule has 0 spiro atoms. The molecule has 1 saturated heterocycles. The number of piperidine rings is 1. The Labute approximate surface area is 210 Å². The van der Waals surface area contributed by atoms with Gasteiger partial charge in [0.25, 0.3) is 0 Å². The number of alkyl halides is 3. The lowest BCUT2D eigenvalue weighted by molar-refractivity contribution is -0.137. The van der Waals surface area contributed by atoms with Crippen molar-refractivity contribution in [1.29, 1.82) is 0 Å². The summed E-state index contributed by atoms with van der Waals surface area (Å²) in [6.45, 7) is 3.26. The molecule has 1 aromatic heterocycles. The Bertz CT molecular complexity index is 1150. The van der Waals surface area contributed by atoms with Gasteiger partial charge in [-0.15, -0.1) is 10.2 Å². The highest BCUT2D eigenvalue weighted by atomic mass is 35.5. The number of rotatable bonds is 8. The molecule has 11 heteroatoms. The largest absolute Gasteiger partial charge is 0.416 e. The zero-order valence-corrected chi connectivity index (χ0v) is 20.5. The smallest absolute Gasteiger partial charge is 0.324 e. The van der Waals surface area contributed by atoms with Crippen LogP contribution in [0.4, 0.5) is 18.9 Å². The molecule has 0 saturated carbocycles. The van der Waals surface area contributed by atoms with Crippen LogP contribution in [0.1, 0.15) is 36.2 Å². The molecule has 0 bridgehead atoms. The van der Waals surface area contributed by atoms with Crippen LogP contribution in [-0.4, -0.2) is 44.4 Å². The van der Waals surface area contributed by atoms with E-state index < -0.39 is 17.6 Å². The minimum Gasteiger partial charge on any atom is -0.324 e. The second kappa shape index (κ2) is 11.5. The summed E-state index contributed by atoms with van der Waals surface area (Å²) >= 11 is 7.18. The second-order valence-electron chi connectivity index (χ2n) is 8.34. The Kier molecular flexibility index (Phi) is 8.35. The molecule has 0 unspecified atom stereocenters. The number of carbonyl (C=O) groups excluding carboxylic acids is 1. The number of thioether (sulfide) groups is 1. The Morgan fingerprint density at radius 3 is 2.49 bits per heavy atom. The van der Waals surface area contributed by atoms with Gasteiger partial charge in [-0.2, -0.15) is 13.2 Å². The first-order chi connectivity index (χ1) is 16.8. The summed E-state index contributed by atoms with van der Waals surface area (Å²) in [5.74, 6) is 0.283. The van der Waals surface area contributed by atoms with Gasteiger partial charge in [-0.05, 0) is 49.7 Å². The van der Waals surface area contributed by atoms with Gasteiger partial charge >= 0.3 is 6.18 Å². The first kappa shape index (κ1) is 25.5. The minimum atomic E-state index is -4.53. The maximum atomic E-state index is 13.0. The molecule has 3 aromatic rings. The molecule has 35 heavy (non-hydrogen) atoms. The van der Waals surface area contributed by atoms with E-state index in [1.165, 1.54) is 18.2 Å². The fraction of sp³-hybridized carbons (Fsp3) is 0.375. The van der Waals surface area contributed by atoms with Gasteiger partial charge < -0.3 is 9.88 Å². The SMILES string of the molecule is O=C(CSc1nnc(CN2CCCCC2)n1Cc1ccccc1)Nc1cc(C(F)(F)F)ccc1Cl. The first-order valence-electron chi connectivity index (χ1n) is 11.3. The van der Waals surface area contributed by atoms with Crippen LogP contribution in [0.25, 0.3) is 0 Å². The summed E-state index contributed by atoms with van der Waals surface area (Å²) in [7, 11) is 0. The van der Waals surface area contributed by atoms with Gasteiger partial charge in [0.15, 0.2) is 5.16 Å². The number of nitrogens with one attached hydrogen (secondary N) is 1. The van der Waals surface area contributed by atoms with E-state index >= 15 is 0 Å². The molecule has 0 aliphatic carbocycles. The topological polar surface area (TPSA) is 63.1 Å². The van der Waals surface area contributed by atoms with Crippen LogP contribution in [-0.2, 0) is 24.1 Å². The molecular formula is C24H25ClF3N5OS. The van der Waals surface area contributed by atoms with Crippen molar-refractivity contribution in [3.8, 4) is 0 Å². The third-order valence-corrected chi connectivity index (χ3v) is 6.99. The third kappa shape index (κ3) is 6.99. The Balaban J connectivity index is 1.47. The van der Waals surface area contributed by atoms with Gasteiger partial charge in [-0.3, -0.25) is 9.69 Å². The maximum absolute atomic E-state index is 13.0. The average molecular weight is 524 g/mol. The van der Waals surface area contributed by atoms with Gasteiger partial charge in [0.05, 0.1) is 35.1 Å². The van der Waals surface area contributed by atoms with Crippen molar-refractivity contribution < 1.29 is 18.0 Å². The molecule has 2 aromatic carbocycles. The predicted molar refractivity (Wildman–Crippen MR) is 131 cm³/mol. The van der Waals surface area contributed by atoms with Crippen molar-refractivity contribution in [1.82, 2.24) is 19.7 Å². The average Bonchev–Trinajstić information content (AvgIpc) is 3.20. The molecule has 186 valence electrons. The van der Waals surface area contributed by atoms with Gasteiger partial charge in [0.1, 0.15) is 5.82 Å². The van der Waals surface area contributed by atoms with Crippen molar-refractivity contribution in [2.45, 2.75) is 43.7 Å². The van der Waals surface area contributed by atoms with E-state index in [1.54, 1.807) is 0 Å². The summed E-state index contributed by atoms with van der Waals surface area (Å²) in [6.07, 6.45) is -0.976. The lowest BCUT2D eigenvalue weighted by atomic mass is 10.1. The molecule has 2 heterocycles. The van der Waals surface area contributed by atoms with Gasteiger partial charge in [0.2, 0.25) is 5.91 Å². The van der Waals surface area contributed by atoms with Crippen LogP contribution in [0.5, 0.6) is 0 Å². The molecule has 0 atom stereocenters. The number of hydrogen-bond acceptors (Lipinski definition) is 5. The molecule has 4 rings (SSSR count). The first-order valence-corrected chi connectivity index (χ1v) is 12.6. The van der Waals surface area contributed by atoms with Crippen molar-refractivity contribution >= 4 is 35.0 Å². The number of halogens is 4. The van der Waals surface area contributed by atoms with Crippen molar-refractivity contribution in [2.24, 2.45) is 0 Å². The van der Waals surface area contributed by atoms with E-state index in [0.717, 1.165) is 55.5 Å². The summed E-state index contributed by atoms with van der Waals surface area (Å²) in [5.41, 5.74) is 0.118. The number of aromatic nitrogens is 3. The van der Waals surface area contributed by atoms with Crippen LogP contribution in [0, 0.1) is 0 Å². The van der Waals surface area contributed by atoms with Crippen molar-refractivity contribution in [3.05, 3.63) is 70.5 Å². The quantitative estimate of drug-likeness (QED) is 0.383. The van der Waals surface area contributed by atoms with Crippen LogP contribution in [0.3, 0.4) is 0 Å². The Morgan fingerprint density at radius 1 is 1.03 bits per heavy atom. The number of amides is 1. The number of carbonyl (C=O) groups is 1. The summed E-state index contributed by atoms with van der Waals surface area (Å²) in [5, 5.41) is 11.8. The maximum Gasteiger partial charge on any atom is 0.416 e. The van der Waals surface area contributed by atoms with Crippen LogP contribution < -0.4 is 5.32 Å². The lowest BCUT2D eigenvalue weighted by Gasteiger charge is -2.26. The highest BCUT2D eigenvalue weighted by Gasteiger charge is 2.31. The molecule has 6 nitrogen and oxygen atoms in total. The number of anilines is 1. The van der Waals surface area contributed by atoms with Crippen LogP contribution in [0.2, 0.25) is 5.02 Å². The Morgan fingerprint density at radius 2 is 1.77 bits per heavy atom. The number of hydrogen-bond donors (Lipinski definition) is 1. The van der Waals surface area contributed by atoms with Gasteiger partial charge in [-0.1, -0.05) is 60.1 Å². The monoisotopic (exact) mass is 523 g/mol. The number of likely N-dealkylation sites (tertiary alicyclic amines) is 1. The minimum absolute atomic E-state index is 0.0346. The fourth-order valence-corrected chi connectivity index (χ4v) is 4.82. The zero-order chi connectivity index (χ0) is 24.8. The summed E-state index contributed by atoms with van der Waals surface area (Å²) < 4.78 is 41.1. The molecule has 1 fully saturated rings. The molecule has 0 radical (unpaired) electrons. The molecule has 1 aliphatic rings. The van der Waals surface area contributed by atoms with Gasteiger partial charge in [0, 0.05) is 0 Å². The van der Waals surface area contributed by atoms with Crippen molar-refractivity contribution in [3.63, 3.8) is 0 Å². The van der Waals surface area contributed by atoms with Crippen LogP contribution >= 0.6 is 23.4 Å². The third-order valence-electron chi connectivity index (χ3n) is 5.69. The van der Waals surface area contributed by atoms with E-state index in [4.69, 9.17) is 11.6 Å². The van der Waals surface area contributed by atoms with Crippen molar-refractivity contribution in [2.75, 3.05) is 24.2 Å². The van der Waals surface area contributed by atoms with Crippen LogP contribution in [0.15, 0.2) is 53.7 Å². The summed E-state index contributed by atoms with van der Waals surface area (Å²) in [6, 6.07) is 12.7. The highest BCUT2D eigenvalue weighted by Crippen LogP contribution is 2.34. The molecule has 1 N–H and O–H groups in total.